The van der Waals surface area contributed by atoms with Crippen LogP contribution in [0, 0.1) is 0 Å². The van der Waals surface area contributed by atoms with Crippen molar-refractivity contribution in [1.29, 1.82) is 0 Å². The second-order valence-corrected chi connectivity index (χ2v) is 16.8. The zero-order valence-electron chi connectivity index (χ0n) is 32.2. The van der Waals surface area contributed by atoms with Crippen LogP contribution in [0.4, 0.5) is 5.69 Å². The van der Waals surface area contributed by atoms with Crippen LogP contribution in [0.5, 0.6) is 0 Å². The molecule has 0 unspecified atom stereocenters. The summed E-state index contributed by atoms with van der Waals surface area (Å²) in [7, 11) is 0. The lowest BCUT2D eigenvalue weighted by molar-refractivity contribution is 0.722. The SMILES string of the molecule is Nc1ccc(-c2ccc(-c3cccc4c3-c3cc(-c5c6ccccc6c(-c6ccccc6)c6ccccc56)ccc3C43c4ccccc4Sc4ccccc43)cc2)cc1. The third-order valence-corrected chi connectivity index (χ3v) is 13.8. The number of rotatable bonds is 4. The van der Waals surface area contributed by atoms with Crippen molar-refractivity contribution in [2.24, 2.45) is 0 Å². The number of nitrogen functional groups attached to an aromatic ring is 1. The second kappa shape index (κ2) is 13.2. The van der Waals surface area contributed by atoms with Gasteiger partial charge in [0.25, 0.3) is 0 Å². The lowest BCUT2D eigenvalue weighted by Gasteiger charge is -2.39. The summed E-state index contributed by atoms with van der Waals surface area (Å²) in [6.07, 6.45) is 0. The molecule has 1 nitrogen and oxygen atoms in total. The Hall–Kier alpha value is -7.13. The average Bonchev–Trinajstić information content (AvgIpc) is 3.59. The molecule has 12 rings (SSSR count). The molecule has 1 spiro atoms. The molecular formula is C57H37NS. The summed E-state index contributed by atoms with van der Waals surface area (Å²) >= 11 is 1.89. The summed E-state index contributed by atoms with van der Waals surface area (Å²) in [5, 5.41) is 5.04. The van der Waals surface area contributed by atoms with Crippen LogP contribution in [-0.2, 0) is 5.41 Å². The molecule has 10 aromatic carbocycles. The van der Waals surface area contributed by atoms with Gasteiger partial charge in [-0.3, -0.25) is 0 Å². The maximum absolute atomic E-state index is 6.05. The van der Waals surface area contributed by atoms with E-state index >= 15 is 0 Å². The Morgan fingerprint density at radius 1 is 0.305 bits per heavy atom. The van der Waals surface area contributed by atoms with Crippen molar-refractivity contribution in [3.05, 3.63) is 235 Å². The Kier molecular flexibility index (Phi) is 7.60. The highest BCUT2D eigenvalue weighted by Crippen LogP contribution is 2.64. The molecule has 2 aliphatic rings. The normalized spacial score (nSPS) is 13.2. The van der Waals surface area contributed by atoms with Gasteiger partial charge in [-0.25, -0.2) is 0 Å². The van der Waals surface area contributed by atoms with Gasteiger partial charge in [0.15, 0.2) is 0 Å². The number of fused-ring (bicyclic) bond motifs is 11. The summed E-state index contributed by atoms with van der Waals surface area (Å²) in [4.78, 5) is 2.61. The van der Waals surface area contributed by atoms with Crippen LogP contribution < -0.4 is 5.73 Å². The zero-order chi connectivity index (χ0) is 39.1. The van der Waals surface area contributed by atoms with Crippen molar-refractivity contribution < 1.29 is 0 Å². The largest absolute Gasteiger partial charge is 0.399 e. The molecule has 59 heavy (non-hydrogen) atoms. The van der Waals surface area contributed by atoms with E-state index in [1.807, 2.05) is 23.9 Å². The van der Waals surface area contributed by atoms with Crippen molar-refractivity contribution >= 4 is 39.0 Å². The summed E-state index contributed by atoms with van der Waals surface area (Å²) in [6, 6.07) is 78.5. The molecule has 2 N–H and O–H groups in total. The molecule has 1 heterocycles. The van der Waals surface area contributed by atoms with Crippen molar-refractivity contribution in [2.75, 3.05) is 5.73 Å². The van der Waals surface area contributed by atoms with E-state index in [-0.39, 0.29) is 0 Å². The van der Waals surface area contributed by atoms with Crippen molar-refractivity contribution in [1.82, 2.24) is 0 Å². The monoisotopic (exact) mass is 767 g/mol. The summed E-state index contributed by atoms with van der Waals surface area (Å²) in [5.74, 6) is 0. The van der Waals surface area contributed by atoms with Crippen LogP contribution in [0.25, 0.3) is 77.2 Å². The molecule has 0 atom stereocenters. The lowest BCUT2D eigenvalue weighted by atomic mass is 9.67. The maximum atomic E-state index is 6.05. The number of hydrogen-bond donors (Lipinski definition) is 1. The standard InChI is InChI=1S/C57H37NS/c58-41-32-29-37(30-33-41)36-25-27-38(28-26-36)42-19-12-22-51-56(42)47-35-40(31-34-48(47)57(51)49-20-8-10-23-52(49)59-53-24-11-9-21-50(53)57)55-45-17-6-4-15-43(45)54(39-13-2-1-3-14-39)44-16-5-7-18-46(44)55/h1-35H,58H2. The van der Waals surface area contributed by atoms with Gasteiger partial charge in [-0.15, -0.1) is 0 Å². The molecule has 0 saturated carbocycles. The first-order chi connectivity index (χ1) is 29.2. The highest BCUT2D eigenvalue weighted by Gasteiger charge is 2.50. The Morgan fingerprint density at radius 3 is 1.39 bits per heavy atom. The summed E-state index contributed by atoms with van der Waals surface area (Å²) in [5.41, 5.74) is 24.0. The topological polar surface area (TPSA) is 26.0 Å². The molecule has 2 heteroatoms. The first-order valence-corrected chi connectivity index (χ1v) is 21.1. The Bertz CT molecular complexity index is 3190. The Balaban J connectivity index is 1.16. The maximum Gasteiger partial charge on any atom is 0.0735 e. The van der Waals surface area contributed by atoms with Crippen LogP contribution in [0.1, 0.15) is 22.3 Å². The van der Waals surface area contributed by atoms with E-state index in [4.69, 9.17) is 5.73 Å². The van der Waals surface area contributed by atoms with E-state index in [1.165, 1.54) is 104 Å². The van der Waals surface area contributed by atoms with E-state index in [1.54, 1.807) is 0 Å². The number of nitrogens with two attached hydrogens (primary N) is 1. The average molecular weight is 768 g/mol. The Morgan fingerprint density at radius 2 is 0.780 bits per heavy atom. The van der Waals surface area contributed by atoms with Crippen LogP contribution in [-0.4, -0.2) is 0 Å². The molecule has 276 valence electrons. The highest BCUT2D eigenvalue weighted by atomic mass is 32.2. The predicted molar refractivity (Wildman–Crippen MR) is 249 cm³/mol. The summed E-state index contributed by atoms with van der Waals surface area (Å²) in [6.45, 7) is 0. The van der Waals surface area contributed by atoms with Crippen molar-refractivity contribution in [3.63, 3.8) is 0 Å². The third kappa shape index (κ3) is 5.00. The molecule has 0 fully saturated rings. The van der Waals surface area contributed by atoms with E-state index in [0.29, 0.717) is 0 Å². The fraction of sp³-hybridized carbons (Fsp3) is 0.0175. The predicted octanol–water partition coefficient (Wildman–Crippen LogP) is 15.1. The molecule has 0 saturated heterocycles. The van der Waals surface area contributed by atoms with Gasteiger partial charge in [-0.05, 0) is 130 Å². The van der Waals surface area contributed by atoms with Crippen molar-refractivity contribution in [3.8, 4) is 55.6 Å². The van der Waals surface area contributed by atoms with Crippen LogP contribution in [0.15, 0.2) is 222 Å². The molecule has 10 aromatic rings. The van der Waals surface area contributed by atoms with Gasteiger partial charge in [0.05, 0.1) is 5.41 Å². The van der Waals surface area contributed by atoms with Gasteiger partial charge in [0.2, 0.25) is 0 Å². The Labute approximate surface area is 348 Å². The number of benzene rings is 10. The van der Waals surface area contributed by atoms with E-state index in [9.17, 15) is 0 Å². The van der Waals surface area contributed by atoms with Crippen molar-refractivity contribution in [2.45, 2.75) is 15.2 Å². The molecule has 1 aliphatic heterocycles. The van der Waals surface area contributed by atoms with Gasteiger partial charge in [-0.1, -0.05) is 194 Å². The van der Waals surface area contributed by atoms with E-state index < -0.39 is 5.41 Å². The smallest absolute Gasteiger partial charge is 0.0735 e. The molecule has 0 bridgehead atoms. The molecule has 0 amide bonds. The third-order valence-electron chi connectivity index (χ3n) is 12.7. The minimum Gasteiger partial charge on any atom is -0.399 e. The van der Waals surface area contributed by atoms with Gasteiger partial charge < -0.3 is 5.73 Å². The van der Waals surface area contributed by atoms with Gasteiger partial charge >= 0.3 is 0 Å². The minimum absolute atomic E-state index is 0.483. The van der Waals surface area contributed by atoms with Gasteiger partial charge in [0.1, 0.15) is 0 Å². The fourth-order valence-corrected chi connectivity index (χ4v) is 11.4. The molecular weight excluding hydrogens is 731 g/mol. The molecule has 0 aromatic heterocycles. The van der Waals surface area contributed by atoms with Crippen LogP contribution in [0.2, 0.25) is 0 Å². The van der Waals surface area contributed by atoms with E-state index in [0.717, 1.165) is 11.3 Å². The summed E-state index contributed by atoms with van der Waals surface area (Å²) < 4.78 is 0. The number of anilines is 1. The first kappa shape index (κ1) is 34.0. The van der Waals surface area contributed by atoms with Crippen LogP contribution >= 0.6 is 11.8 Å². The second-order valence-electron chi connectivity index (χ2n) is 15.7. The van der Waals surface area contributed by atoms with Gasteiger partial charge in [-0.2, -0.15) is 0 Å². The highest BCUT2D eigenvalue weighted by molar-refractivity contribution is 7.99. The van der Waals surface area contributed by atoms with Crippen LogP contribution in [0.3, 0.4) is 0 Å². The molecule has 1 aliphatic carbocycles. The fourth-order valence-electron chi connectivity index (χ4n) is 10.2. The van der Waals surface area contributed by atoms with Gasteiger partial charge in [0, 0.05) is 15.5 Å². The lowest BCUT2D eigenvalue weighted by Crippen LogP contribution is -2.31. The first-order valence-electron chi connectivity index (χ1n) is 20.3. The van der Waals surface area contributed by atoms with E-state index in [2.05, 4.69) is 200 Å². The quantitative estimate of drug-likeness (QED) is 0.143. The zero-order valence-corrected chi connectivity index (χ0v) is 33.0. The number of hydrogen-bond acceptors (Lipinski definition) is 2. The minimum atomic E-state index is -0.483. The molecule has 0 radical (unpaired) electrons.